The first-order valence-electron chi connectivity index (χ1n) is 8.55. The molecule has 0 saturated heterocycles. The van der Waals surface area contributed by atoms with Crippen LogP contribution in [-0.2, 0) is 16.1 Å². The molecule has 0 fully saturated rings. The van der Waals surface area contributed by atoms with Gasteiger partial charge in [-0.3, -0.25) is 29.1 Å². The lowest BCUT2D eigenvalue weighted by atomic mass is 10.1. The monoisotopic (exact) mass is 397 g/mol. The van der Waals surface area contributed by atoms with Gasteiger partial charge in [-0.15, -0.1) is 0 Å². The van der Waals surface area contributed by atoms with E-state index in [4.69, 9.17) is 5.26 Å². The molecular formula is C19H19N5O5. The third-order valence-electron chi connectivity index (χ3n) is 4.10. The summed E-state index contributed by atoms with van der Waals surface area (Å²) in [5, 5.41) is 24.9. The van der Waals surface area contributed by atoms with E-state index >= 15 is 0 Å². The maximum atomic E-state index is 12.1. The van der Waals surface area contributed by atoms with E-state index in [1.807, 2.05) is 32.9 Å². The molecule has 2 amide bonds. The molecule has 2 rings (SSSR count). The van der Waals surface area contributed by atoms with Crippen molar-refractivity contribution < 1.29 is 14.5 Å². The van der Waals surface area contributed by atoms with Crippen LogP contribution in [0.3, 0.4) is 0 Å². The summed E-state index contributed by atoms with van der Waals surface area (Å²) in [5.74, 6) is -1.17. The molecule has 0 spiro atoms. The Morgan fingerprint density at radius 1 is 1.17 bits per heavy atom. The third kappa shape index (κ3) is 5.26. The number of rotatable bonds is 6. The van der Waals surface area contributed by atoms with E-state index in [-0.39, 0.29) is 6.54 Å². The number of benzene rings is 1. The van der Waals surface area contributed by atoms with Crippen molar-refractivity contribution in [3.05, 3.63) is 67.1 Å². The van der Waals surface area contributed by atoms with Crippen LogP contribution in [0.25, 0.3) is 0 Å². The first kappa shape index (κ1) is 21.3. The molecule has 2 aromatic rings. The van der Waals surface area contributed by atoms with Crippen molar-refractivity contribution in [2.24, 2.45) is 0 Å². The molecule has 29 heavy (non-hydrogen) atoms. The van der Waals surface area contributed by atoms with E-state index in [0.29, 0.717) is 5.69 Å². The molecule has 0 unspecified atom stereocenters. The van der Waals surface area contributed by atoms with Crippen molar-refractivity contribution in [1.82, 2.24) is 9.88 Å². The van der Waals surface area contributed by atoms with Gasteiger partial charge in [-0.2, -0.15) is 5.26 Å². The Kier molecular flexibility index (Phi) is 6.46. The van der Waals surface area contributed by atoms with Crippen LogP contribution in [0.1, 0.15) is 22.3 Å². The molecule has 1 heterocycles. The standard InChI is InChI=1S/C19H19N5O5/c1-11-4-12(2)18(13(3)5-11)22-16(25)8-21-17(26)10-23-9-15(24(28)29)6-14(7-20)19(23)27/h4-6,9H,8,10H2,1-3H3,(H,21,26)(H,22,25). The molecular weight excluding hydrogens is 378 g/mol. The Bertz CT molecular complexity index is 1070. The molecule has 0 radical (unpaired) electrons. The smallest absolute Gasteiger partial charge is 0.287 e. The lowest BCUT2D eigenvalue weighted by molar-refractivity contribution is -0.385. The van der Waals surface area contributed by atoms with Crippen molar-refractivity contribution in [2.75, 3.05) is 11.9 Å². The number of carbonyl (C=O) groups is 2. The minimum atomic E-state index is -0.830. The van der Waals surface area contributed by atoms with Gasteiger partial charge in [0.25, 0.3) is 11.2 Å². The van der Waals surface area contributed by atoms with Gasteiger partial charge in [0, 0.05) is 11.8 Å². The van der Waals surface area contributed by atoms with Crippen molar-refractivity contribution in [3.63, 3.8) is 0 Å². The Labute approximate surface area is 165 Å². The summed E-state index contributed by atoms with van der Waals surface area (Å²) < 4.78 is 0.762. The summed E-state index contributed by atoms with van der Waals surface area (Å²) in [5.41, 5.74) is 1.72. The van der Waals surface area contributed by atoms with Crippen molar-refractivity contribution >= 4 is 23.2 Å². The van der Waals surface area contributed by atoms with Gasteiger partial charge in [0.2, 0.25) is 11.8 Å². The first-order chi connectivity index (χ1) is 13.6. The van der Waals surface area contributed by atoms with Gasteiger partial charge in [-0.05, 0) is 31.9 Å². The highest BCUT2D eigenvalue weighted by atomic mass is 16.6. The fourth-order valence-electron chi connectivity index (χ4n) is 2.87. The molecule has 150 valence electrons. The molecule has 0 saturated carbocycles. The molecule has 10 nitrogen and oxygen atoms in total. The van der Waals surface area contributed by atoms with E-state index < -0.39 is 40.1 Å². The molecule has 0 bridgehead atoms. The number of nitrogens with one attached hydrogen (secondary N) is 2. The van der Waals surface area contributed by atoms with Gasteiger partial charge in [0.05, 0.1) is 17.7 Å². The second kappa shape index (κ2) is 8.79. The number of hydrogen-bond donors (Lipinski definition) is 2. The zero-order valence-electron chi connectivity index (χ0n) is 16.1. The molecule has 0 aliphatic carbocycles. The van der Waals surface area contributed by atoms with Crippen LogP contribution in [-0.4, -0.2) is 27.8 Å². The van der Waals surface area contributed by atoms with E-state index in [1.54, 1.807) is 6.07 Å². The fraction of sp³-hybridized carbons (Fsp3) is 0.263. The normalized spacial score (nSPS) is 10.1. The zero-order chi connectivity index (χ0) is 21.7. The van der Waals surface area contributed by atoms with Crippen LogP contribution in [0.5, 0.6) is 0 Å². The molecule has 1 aromatic heterocycles. The number of aryl methyl sites for hydroxylation is 3. The Morgan fingerprint density at radius 3 is 2.34 bits per heavy atom. The van der Waals surface area contributed by atoms with E-state index in [0.717, 1.165) is 33.5 Å². The maximum Gasteiger partial charge on any atom is 0.287 e. The first-order valence-corrected chi connectivity index (χ1v) is 8.55. The van der Waals surface area contributed by atoms with Gasteiger partial charge in [0.15, 0.2) is 0 Å². The quantitative estimate of drug-likeness (QED) is 0.555. The van der Waals surface area contributed by atoms with E-state index in [9.17, 15) is 24.5 Å². The summed E-state index contributed by atoms with van der Waals surface area (Å²) >= 11 is 0. The Morgan fingerprint density at radius 2 is 1.79 bits per heavy atom. The highest BCUT2D eigenvalue weighted by Gasteiger charge is 2.16. The molecule has 0 atom stereocenters. The van der Waals surface area contributed by atoms with Crippen LogP contribution < -0.4 is 16.2 Å². The van der Waals surface area contributed by atoms with Crippen LogP contribution in [0.4, 0.5) is 11.4 Å². The summed E-state index contributed by atoms with van der Waals surface area (Å²) in [4.78, 5) is 46.4. The lowest BCUT2D eigenvalue weighted by Crippen LogP contribution is -2.37. The van der Waals surface area contributed by atoms with E-state index in [2.05, 4.69) is 10.6 Å². The van der Waals surface area contributed by atoms with Crippen molar-refractivity contribution in [1.29, 1.82) is 5.26 Å². The Balaban J connectivity index is 2.05. The highest BCUT2D eigenvalue weighted by Crippen LogP contribution is 2.21. The summed E-state index contributed by atoms with van der Waals surface area (Å²) in [6.45, 7) is 4.75. The molecule has 1 aromatic carbocycles. The highest BCUT2D eigenvalue weighted by molar-refractivity contribution is 5.95. The van der Waals surface area contributed by atoms with Crippen LogP contribution in [0.15, 0.2) is 29.2 Å². The molecule has 0 aliphatic rings. The van der Waals surface area contributed by atoms with Crippen LogP contribution in [0, 0.1) is 42.2 Å². The van der Waals surface area contributed by atoms with Gasteiger partial charge in [-0.25, -0.2) is 0 Å². The second-order valence-electron chi connectivity index (χ2n) is 6.51. The number of carbonyl (C=O) groups excluding carboxylic acids is 2. The molecule has 2 N–H and O–H groups in total. The van der Waals surface area contributed by atoms with Crippen LogP contribution >= 0.6 is 0 Å². The summed E-state index contributed by atoms with van der Waals surface area (Å²) in [7, 11) is 0. The number of pyridine rings is 1. The number of nitrogens with zero attached hydrogens (tertiary/aromatic N) is 3. The predicted octanol–water partition coefficient (Wildman–Crippen LogP) is 1.31. The number of anilines is 1. The number of nitro groups is 1. The van der Waals surface area contributed by atoms with Crippen molar-refractivity contribution in [2.45, 2.75) is 27.3 Å². The van der Waals surface area contributed by atoms with Gasteiger partial charge >= 0.3 is 0 Å². The average molecular weight is 397 g/mol. The molecule has 0 aliphatic heterocycles. The van der Waals surface area contributed by atoms with Crippen LogP contribution in [0.2, 0.25) is 0 Å². The summed E-state index contributed by atoms with van der Waals surface area (Å²) in [6, 6.07) is 6.24. The third-order valence-corrected chi connectivity index (χ3v) is 4.10. The zero-order valence-corrected chi connectivity index (χ0v) is 16.1. The molecule has 10 heteroatoms. The van der Waals surface area contributed by atoms with Gasteiger partial charge < -0.3 is 10.6 Å². The average Bonchev–Trinajstić information content (AvgIpc) is 2.64. The largest absolute Gasteiger partial charge is 0.345 e. The number of amides is 2. The Hall–Kier alpha value is -4.00. The maximum absolute atomic E-state index is 12.1. The van der Waals surface area contributed by atoms with Crippen molar-refractivity contribution in [3.8, 4) is 6.07 Å². The second-order valence-corrected chi connectivity index (χ2v) is 6.51. The minimum absolute atomic E-state index is 0.347. The topological polar surface area (TPSA) is 147 Å². The SMILES string of the molecule is Cc1cc(C)c(NC(=O)CNC(=O)Cn2cc([N+](=O)[O-])cc(C#N)c2=O)c(C)c1. The number of hydrogen-bond acceptors (Lipinski definition) is 6. The predicted molar refractivity (Wildman–Crippen MR) is 104 cm³/mol. The minimum Gasteiger partial charge on any atom is -0.345 e. The van der Waals surface area contributed by atoms with Gasteiger partial charge in [-0.1, -0.05) is 17.7 Å². The van der Waals surface area contributed by atoms with Gasteiger partial charge in [0.1, 0.15) is 18.2 Å². The number of aromatic nitrogens is 1. The van der Waals surface area contributed by atoms with E-state index in [1.165, 1.54) is 0 Å². The number of nitriles is 1. The lowest BCUT2D eigenvalue weighted by Gasteiger charge is -2.13. The summed E-state index contributed by atoms with van der Waals surface area (Å²) in [6.07, 6.45) is 0.877. The fourth-order valence-corrected chi connectivity index (χ4v) is 2.87.